The molecule has 2 amide bonds. The van der Waals surface area contributed by atoms with Crippen LogP contribution >= 0.6 is 0 Å². The van der Waals surface area contributed by atoms with Crippen LogP contribution in [-0.2, 0) is 14.3 Å². The van der Waals surface area contributed by atoms with E-state index in [2.05, 4.69) is 10.6 Å². The van der Waals surface area contributed by atoms with Gasteiger partial charge in [-0.15, -0.1) is 0 Å². The van der Waals surface area contributed by atoms with Gasteiger partial charge in [0.25, 0.3) is 5.91 Å². The largest absolute Gasteiger partial charge is 0.480 e. The molecule has 1 aromatic carbocycles. The summed E-state index contributed by atoms with van der Waals surface area (Å²) < 4.78 is 5.60. The van der Waals surface area contributed by atoms with E-state index >= 15 is 0 Å². The second-order valence-corrected chi connectivity index (χ2v) is 6.19. The topological polar surface area (TPSA) is 105 Å². The maximum Gasteiger partial charge on any atom is 0.325 e. The van der Waals surface area contributed by atoms with E-state index in [9.17, 15) is 14.4 Å². The number of benzene rings is 1. The number of carboxylic acid groups (broad SMARTS) is 1. The van der Waals surface area contributed by atoms with E-state index < -0.39 is 17.9 Å². The summed E-state index contributed by atoms with van der Waals surface area (Å²) in [5, 5.41) is 14.0. The third kappa shape index (κ3) is 6.19. The van der Waals surface area contributed by atoms with Gasteiger partial charge in [-0.25, -0.2) is 0 Å². The Balaban J connectivity index is 1.79. The molecule has 7 heteroatoms. The maximum absolute atomic E-state index is 12.0. The summed E-state index contributed by atoms with van der Waals surface area (Å²) >= 11 is 0. The van der Waals surface area contributed by atoms with E-state index in [0.29, 0.717) is 24.1 Å². The first-order valence-corrected chi connectivity index (χ1v) is 8.51. The summed E-state index contributed by atoms with van der Waals surface area (Å²) in [6, 6.07) is 5.37. The molecule has 3 N–H and O–H groups in total. The average Bonchev–Trinajstić information content (AvgIpc) is 2.61. The minimum Gasteiger partial charge on any atom is -0.480 e. The molecule has 136 valence electrons. The smallest absolute Gasteiger partial charge is 0.325 e. The molecule has 7 nitrogen and oxygen atoms in total. The monoisotopic (exact) mass is 348 g/mol. The number of carboxylic acids is 1. The summed E-state index contributed by atoms with van der Waals surface area (Å²) in [5.41, 5.74) is 0.930. The SMILES string of the molecule is CC(NC(=O)c1ccc(NC(=O)CCC2CCCCO2)cc1)C(=O)O. The molecule has 1 heterocycles. The van der Waals surface area contributed by atoms with Gasteiger partial charge in [-0.2, -0.15) is 0 Å². The first-order chi connectivity index (χ1) is 12.0. The molecule has 1 fully saturated rings. The Bertz CT molecular complexity index is 608. The highest BCUT2D eigenvalue weighted by atomic mass is 16.5. The van der Waals surface area contributed by atoms with Crippen molar-refractivity contribution in [2.24, 2.45) is 0 Å². The van der Waals surface area contributed by atoms with Gasteiger partial charge in [-0.3, -0.25) is 14.4 Å². The minimum absolute atomic E-state index is 0.0918. The lowest BCUT2D eigenvalue weighted by Crippen LogP contribution is -2.38. The molecule has 2 unspecified atom stereocenters. The van der Waals surface area contributed by atoms with Crippen LogP contribution in [0.5, 0.6) is 0 Å². The van der Waals surface area contributed by atoms with Crippen LogP contribution in [-0.4, -0.2) is 41.6 Å². The van der Waals surface area contributed by atoms with Gasteiger partial charge in [0.2, 0.25) is 5.91 Å². The van der Waals surface area contributed by atoms with Crippen LogP contribution in [0.4, 0.5) is 5.69 Å². The van der Waals surface area contributed by atoms with Crippen molar-refractivity contribution in [3.8, 4) is 0 Å². The van der Waals surface area contributed by atoms with E-state index in [-0.39, 0.29) is 12.0 Å². The van der Waals surface area contributed by atoms with Gasteiger partial charge in [-0.1, -0.05) is 0 Å². The average molecular weight is 348 g/mol. The highest BCUT2D eigenvalue weighted by Crippen LogP contribution is 2.17. The molecular weight excluding hydrogens is 324 g/mol. The highest BCUT2D eigenvalue weighted by Gasteiger charge is 2.16. The summed E-state index contributed by atoms with van der Waals surface area (Å²) in [6.45, 7) is 2.17. The number of nitrogens with one attached hydrogen (secondary N) is 2. The molecule has 1 saturated heterocycles. The minimum atomic E-state index is -1.10. The van der Waals surface area contributed by atoms with Crippen molar-refractivity contribution in [1.29, 1.82) is 0 Å². The fourth-order valence-electron chi connectivity index (χ4n) is 2.60. The van der Waals surface area contributed by atoms with Crippen molar-refractivity contribution < 1.29 is 24.2 Å². The van der Waals surface area contributed by atoms with Gasteiger partial charge in [-0.05, 0) is 56.9 Å². The zero-order chi connectivity index (χ0) is 18.2. The van der Waals surface area contributed by atoms with Gasteiger partial charge >= 0.3 is 5.97 Å². The van der Waals surface area contributed by atoms with Crippen LogP contribution in [0.15, 0.2) is 24.3 Å². The van der Waals surface area contributed by atoms with Gasteiger partial charge in [0.15, 0.2) is 0 Å². The fraction of sp³-hybridized carbons (Fsp3) is 0.500. The summed E-state index contributed by atoms with van der Waals surface area (Å²) in [6.07, 6.45) is 4.51. The molecule has 1 aromatic rings. The number of hydrogen-bond donors (Lipinski definition) is 3. The van der Waals surface area contributed by atoms with E-state index in [0.717, 1.165) is 25.9 Å². The number of ether oxygens (including phenoxy) is 1. The Morgan fingerprint density at radius 2 is 1.96 bits per heavy atom. The van der Waals surface area contributed by atoms with Crippen molar-refractivity contribution in [3.05, 3.63) is 29.8 Å². The van der Waals surface area contributed by atoms with Crippen molar-refractivity contribution in [2.75, 3.05) is 11.9 Å². The normalized spacial score (nSPS) is 18.2. The number of amides is 2. The zero-order valence-corrected chi connectivity index (χ0v) is 14.3. The van der Waals surface area contributed by atoms with Gasteiger partial charge in [0.05, 0.1) is 6.10 Å². The second-order valence-electron chi connectivity index (χ2n) is 6.19. The van der Waals surface area contributed by atoms with Crippen LogP contribution in [0.3, 0.4) is 0 Å². The lowest BCUT2D eigenvalue weighted by atomic mass is 10.0. The first-order valence-electron chi connectivity index (χ1n) is 8.51. The van der Waals surface area contributed by atoms with Crippen molar-refractivity contribution in [2.45, 2.75) is 51.2 Å². The summed E-state index contributed by atoms with van der Waals surface area (Å²) in [4.78, 5) is 34.6. The molecule has 0 radical (unpaired) electrons. The van der Waals surface area contributed by atoms with Crippen LogP contribution in [0, 0.1) is 0 Å². The first kappa shape index (κ1) is 18.9. The lowest BCUT2D eigenvalue weighted by Gasteiger charge is -2.22. The molecule has 1 aliphatic rings. The third-order valence-electron chi connectivity index (χ3n) is 4.12. The number of carbonyl (C=O) groups excluding carboxylic acids is 2. The Morgan fingerprint density at radius 3 is 2.56 bits per heavy atom. The Morgan fingerprint density at radius 1 is 1.24 bits per heavy atom. The molecule has 0 aliphatic carbocycles. The van der Waals surface area contributed by atoms with E-state index in [1.165, 1.54) is 6.92 Å². The quantitative estimate of drug-likeness (QED) is 0.700. The molecule has 1 aliphatic heterocycles. The van der Waals surface area contributed by atoms with Crippen LogP contribution < -0.4 is 10.6 Å². The van der Waals surface area contributed by atoms with Crippen molar-refractivity contribution >= 4 is 23.5 Å². The number of aliphatic carboxylic acids is 1. The number of anilines is 1. The molecule has 0 aromatic heterocycles. The molecule has 0 saturated carbocycles. The van der Waals surface area contributed by atoms with Crippen molar-refractivity contribution in [3.63, 3.8) is 0 Å². The summed E-state index contributed by atoms with van der Waals surface area (Å²) in [7, 11) is 0. The van der Waals surface area contributed by atoms with Crippen LogP contribution in [0.1, 0.15) is 49.4 Å². The maximum atomic E-state index is 12.0. The predicted octanol–water partition coefficient (Wildman–Crippen LogP) is 2.18. The number of rotatable bonds is 7. The highest BCUT2D eigenvalue weighted by molar-refractivity contribution is 5.97. The molecular formula is C18H24N2O5. The molecule has 25 heavy (non-hydrogen) atoms. The van der Waals surface area contributed by atoms with E-state index in [1.54, 1.807) is 24.3 Å². The number of hydrogen-bond acceptors (Lipinski definition) is 4. The van der Waals surface area contributed by atoms with E-state index in [1.807, 2.05) is 0 Å². The molecule has 2 atom stereocenters. The van der Waals surface area contributed by atoms with Crippen LogP contribution in [0.25, 0.3) is 0 Å². The van der Waals surface area contributed by atoms with Crippen LogP contribution in [0.2, 0.25) is 0 Å². The standard InChI is InChI=1S/C18H24N2O5/c1-12(18(23)24)19-17(22)13-5-7-14(8-6-13)20-16(21)10-9-15-4-2-3-11-25-15/h5-8,12,15H,2-4,9-11H2,1H3,(H,19,22)(H,20,21)(H,23,24). The summed E-state index contributed by atoms with van der Waals surface area (Å²) in [5.74, 6) is -1.66. The van der Waals surface area contributed by atoms with E-state index in [4.69, 9.17) is 9.84 Å². The number of carbonyl (C=O) groups is 3. The molecule has 0 bridgehead atoms. The fourth-order valence-corrected chi connectivity index (χ4v) is 2.60. The Kier molecular flexibility index (Phi) is 6.94. The molecule has 2 rings (SSSR count). The van der Waals surface area contributed by atoms with Gasteiger partial charge < -0.3 is 20.5 Å². The Labute approximate surface area is 146 Å². The van der Waals surface area contributed by atoms with Gasteiger partial charge in [0, 0.05) is 24.3 Å². The van der Waals surface area contributed by atoms with Gasteiger partial charge in [0.1, 0.15) is 6.04 Å². The third-order valence-corrected chi connectivity index (χ3v) is 4.12. The zero-order valence-electron chi connectivity index (χ0n) is 14.3. The van der Waals surface area contributed by atoms with Crippen molar-refractivity contribution in [1.82, 2.24) is 5.32 Å². The lowest BCUT2D eigenvalue weighted by molar-refractivity contribution is -0.138. The Hall–Kier alpha value is -2.41. The molecule has 0 spiro atoms. The predicted molar refractivity (Wildman–Crippen MR) is 92.5 cm³/mol. The second kappa shape index (κ2) is 9.17.